The first-order valence-electron chi connectivity index (χ1n) is 14.4. The monoisotopic (exact) mass is 663 g/mol. The van der Waals surface area contributed by atoms with Gasteiger partial charge in [-0.25, -0.2) is 18.7 Å². The Morgan fingerprint density at radius 1 is 0.957 bits per heavy atom. The summed E-state index contributed by atoms with van der Waals surface area (Å²) in [5, 5.41) is 24.6. The van der Waals surface area contributed by atoms with Gasteiger partial charge in [0.25, 0.3) is 11.8 Å². The van der Waals surface area contributed by atoms with Crippen LogP contribution in [0.1, 0.15) is 21.5 Å². The Kier molecular flexibility index (Phi) is 8.67. The molecule has 2 fully saturated rings. The minimum atomic E-state index is -4.82. The predicted octanol–water partition coefficient (Wildman–Crippen LogP) is 3.99. The number of rotatable bonds is 6. The van der Waals surface area contributed by atoms with Gasteiger partial charge in [0.15, 0.2) is 0 Å². The minimum absolute atomic E-state index is 0.0190. The van der Waals surface area contributed by atoms with Crippen LogP contribution in [0.5, 0.6) is 0 Å². The lowest BCUT2D eigenvalue weighted by atomic mass is 10.0. The molecule has 0 atom stereocenters. The highest BCUT2D eigenvalue weighted by molar-refractivity contribution is 7.99. The Hall–Kier alpha value is -3.83. The molecule has 0 aliphatic carbocycles. The number of amides is 1. The fourth-order valence-electron chi connectivity index (χ4n) is 5.59. The highest BCUT2D eigenvalue weighted by Gasteiger charge is 2.40. The predicted molar refractivity (Wildman–Crippen MR) is 162 cm³/mol. The molecule has 2 saturated heterocycles. The largest absolute Gasteiger partial charge is 0.417 e. The first-order chi connectivity index (χ1) is 21.8. The van der Waals surface area contributed by atoms with Crippen LogP contribution in [0.3, 0.4) is 0 Å². The molecule has 6 rings (SSSR count). The van der Waals surface area contributed by atoms with Crippen LogP contribution >= 0.6 is 11.8 Å². The number of nitrogens with one attached hydrogen (secondary N) is 1. The molecular weight excluding hydrogens is 633 g/mol. The first-order valence-corrected chi connectivity index (χ1v) is 15.6. The summed E-state index contributed by atoms with van der Waals surface area (Å²) in [7, 11) is 1.87. The molecule has 0 saturated carbocycles. The Morgan fingerprint density at radius 3 is 2.28 bits per heavy atom. The summed E-state index contributed by atoms with van der Waals surface area (Å²) < 4.78 is 74.3. The van der Waals surface area contributed by atoms with E-state index in [1.54, 1.807) is 17.8 Å². The van der Waals surface area contributed by atoms with Crippen molar-refractivity contribution < 1.29 is 37.0 Å². The maximum atomic E-state index is 15.3. The maximum Gasteiger partial charge on any atom is 0.417 e. The van der Waals surface area contributed by atoms with Crippen molar-refractivity contribution in [2.75, 3.05) is 63.1 Å². The zero-order valence-electron chi connectivity index (χ0n) is 24.6. The second-order valence-corrected chi connectivity index (χ2v) is 12.4. The number of hydrogen-bond acceptors (Lipinski definition) is 9. The molecule has 1 amide bonds. The number of carbonyl (C=O) groups excluding carboxylic acids is 1. The normalized spacial score (nSPS) is 17.1. The number of anilines is 2. The zero-order valence-corrected chi connectivity index (χ0v) is 25.4. The number of hydrogen-bond donors (Lipinski definition) is 3. The van der Waals surface area contributed by atoms with Crippen LogP contribution in [0, 0.1) is 11.6 Å². The number of piperazine rings is 1. The third kappa shape index (κ3) is 6.27. The number of benzene rings is 2. The van der Waals surface area contributed by atoms with Crippen LogP contribution in [-0.2, 0) is 12.1 Å². The lowest BCUT2D eigenvalue weighted by Gasteiger charge is -2.37. The van der Waals surface area contributed by atoms with Crippen LogP contribution in [-0.4, -0.2) is 103 Å². The quantitative estimate of drug-likeness (QED) is 0.209. The third-order valence-electron chi connectivity index (χ3n) is 8.12. The smallest absolute Gasteiger partial charge is 0.349 e. The molecule has 4 aromatic rings. The van der Waals surface area contributed by atoms with Gasteiger partial charge < -0.3 is 29.9 Å². The molecular formula is C30H30F5N7O3S. The number of carbonyl (C=O) groups is 1. The molecule has 16 heteroatoms. The van der Waals surface area contributed by atoms with Gasteiger partial charge in [-0.3, -0.25) is 4.79 Å². The first kappa shape index (κ1) is 32.1. The van der Waals surface area contributed by atoms with Crippen molar-refractivity contribution in [1.29, 1.82) is 0 Å². The summed E-state index contributed by atoms with van der Waals surface area (Å²) in [6.45, 7) is 2.20. The van der Waals surface area contributed by atoms with E-state index in [0.29, 0.717) is 43.1 Å². The van der Waals surface area contributed by atoms with Gasteiger partial charge in [0.1, 0.15) is 17.3 Å². The van der Waals surface area contributed by atoms with E-state index < -0.39 is 46.3 Å². The number of halogens is 5. The third-order valence-corrected chi connectivity index (χ3v) is 9.06. The molecule has 46 heavy (non-hydrogen) atoms. The topological polar surface area (TPSA) is 110 Å². The SMILES string of the molecule is CN1CCN(C(=O)c2ccc(Nc3ncc4ccn(-c5cc(F)c(C(O)(O)N6CCSCC6)c(F)c5)c4n3)cc2C(F)(F)F)CC1. The average Bonchev–Trinajstić information content (AvgIpc) is 3.44. The number of nitrogens with zero attached hydrogens (tertiary/aromatic N) is 6. The van der Waals surface area contributed by atoms with E-state index in [2.05, 4.69) is 15.3 Å². The van der Waals surface area contributed by atoms with Gasteiger partial charge in [0, 0.05) is 74.2 Å². The van der Waals surface area contributed by atoms with Crippen molar-refractivity contribution in [1.82, 2.24) is 29.2 Å². The van der Waals surface area contributed by atoms with E-state index in [0.717, 1.165) is 24.3 Å². The summed E-state index contributed by atoms with van der Waals surface area (Å²) in [4.78, 5) is 26.1. The van der Waals surface area contributed by atoms with Gasteiger partial charge >= 0.3 is 6.18 Å². The van der Waals surface area contributed by atoms with Crippen LogP contribution in [0.4, 0.5) is 33.6 Å². The van der Waals surface area contributed by atoms with E-state index in [-0.39, 0.29) is 36.1 Å². The second-order valence-electron chi connectivity index (χ2n) is 11.2. The van der Waals surface area contributed by atoms with Crippen LogP contribution in [0.25, 0.3) is 16.7 Å². The fraction of sp³-hybridized carbons (Fsp3) is 0.367. The standard InChI is InChI=1S/C30H30F5N7O3S/c1-39-6-8-40(9-7-39)27(43)21-3-2-19(14-22(21)29(33,34)35)37-28-36-17-18-4-5-42(26(18)38-28)20-15-23(31)25(24(32)16-20)30(44,45)41-10-12-46-13-11-41/h2-5,14-17,44-45H,6-13H2,1H3,(H,36,37,38). The molecule has 0 radical (unpaired) electrons. The molecule has 2 aliphatic rings. The number of aliphatic hydroxyl groups is 2. The molecule has 10 nitrogen and oxygen atoms in total. The Labute approximate surface area is 264 Å². The molecule has 2 aromatic carbocycles. The van der Waals surface area contributed by atoms with Crippen molar-refractivity contribution in [3.63, 3.8) is 0 Å². The molecule has 0 bridgehead atoms. The van der Waals surface area contributed by atoms with Crippen LogP contribution < -0.4 is 5.32 Å². The van der Waals surface area contributed by atoms with Crippen LogP contribution in [0.2, 0.25) is 0 Å². The number of likely N-dealkylation sites (N-methyl/N-ethyl adjacent to an activating group) is 1. The summed E-state index contributed by atoms with van der Waals surface area (Å²) in [6.07, 6.45) is -1.95. The Bertz CT molecular complexity index is 1750. The van der Waals surface area contributed by atoms with Crippen molar-refractivity contribution in [2.45, 2.75) is 12.1 Å². The molecule has 4 heterocycles. The number of fused-ring (bicyclic) bond motifs is 1. The van der Waals surface area contributed by atoms with Gasteiger partial charge in [-0.05, 0) is 43.4 Å². The Morgan fingerprint density at radius 2 is 1.63 bits per heavy atom. The minimum Gasteiger partial charge on any atom is -0.349 e. The molecule has 0 spiro atoms. The van der Waals surface area contributed by atoms with Crippen molar-refractivity contribution in [3.05, 3.63) is 77.1 Å². The van der Waals surface area contributed by atoms with Crippen LogP contribution in [0.15, 0.2) is 48.8 Å². The highest BCUT2D eigenvalue weighted by atomic mass is 32.2. The van der Waals surface area contributed by atoms with Gasteiger partial charge in [0.05, 0.1) is 22.4 Å². The van der Waals surface area contributed by atoms with Gasteiger partial charge in [-0.15, -0.1) is 0 Å². The molecule has 3 N–H and O–H groups in total. The number of alkyl halides is 3. The van der Waals surface area contributed by atoms with E-state index in [4.69, 9.17) is 0 Å². The fourth-order valence-corrected chi connectivity index (χ4v) is 6.49. The summed E-state index contributed by atoms with van der Waals surface area (Å²) in [5.74, 6) is -4.88. The highest BCUT2D eigenvalue weighted by Crippen LogP contribution is 2.36. The summed E-state index contributed by atoms with van der Waals surface area (Å²) >= 11 is 1.59. The number of aromatic nitrogens is 3. The van der Waals surface area contributed by atoms with Crippen molar-refractivity contribution in [2.24, 2.45) is 0 Å². The number of thioether (sulfide) groups is 1. The van der Waals surface area contributed by atoms with Gasteiger partial charge in [-0.2, -0.15) is 29.9 Å². The average molecular weight is 664 g/mol. The summed E-state index contributed by atoms with van der Waals surface area (Å²) in [5.41, 5.74) is -2.34. The maximum absolute atomic E-state index is 15.3. The Balaban J connectivity index is 1.29. The van der Waals surface area contributed by atoms with E-state index in [9.17, 15) is 28.2 Å². The van der Waals surface area contributed by atoms with E-state index in [1.165, 1.54) is 32.8 Å². The van der Waals surface area contributed by atoms with Gasteiger partial charge in [0.2, 0.25) is 5.95 Å². The van der Waals surface area contributed by atoms with Crippen molar-refractivity contribution >= 4 is 40.3 Å². The molecule has 2 aliphatic heterocycles. The van der Waals surface area contributed by atoms with Gasteiger partial charge in [-0.1, -0.05) is 0 Å². The molecule has 2 aromatic heterocycles. The van der Waals surface area contributed by atoms with Crippen molar-refractivity contribution in [3.8, 4) is 5.69 Å². The van der Waals surface area contributed by atoms with E-state index in [1.807, 2.05) is 11.9 Å². The second kappa shape index (κ2) is 12.4. The zero-order chi connectivity index (χ0) is 32.8. The lowest BCUT2D eigenvalue weighted by Crippen LogP contribution is -2.51. The summed E-state index contributed by atoms with van der Waals surface area (Å²) in [6, 6.07) is 6.72. The molecule has 244 valence electrons. The van der Waals surface area contributed by atoms with E-state index >= 15 is 8.78 Å². The molecule has 0 unspecified atom stereocenters. The lowest BCUT2D eigenvalue weighted by molar-refractivity contribution is -0.276.